The van der Waals surface area contributed by atoms with Crippen molar-refractivity contribution in [2.75, 3.05) is 0 Å². The van der Waals surface area contributed by atoms with Crippen LogP contribution in [0, 0.1) is 15.9 Å². The summed E-state index contributed by atoms with van der Waals surface area (Å²) in [6.45, 7) is 0. The van der Waals surface area contributed by atoms with E-state index in [2.05, 4.69) is 10.3 Å². The number of nitrogens with zero attached hydrogens (tertiary/aromatic N) is 2. The molecule has 0 radical (unpaired) electrons. The first-order chi connectivity index (χ1) is 11.0. The Bertz CT molecular complexity index is 874. The van der Waals surface area contributed by atoms with Gasteiger partial charge in [-0.25, -0.2) is 9.38 Å². The van der Waals surface area contributed by atoms with Gasteiger partial charge in [-0.15, -0.1) is 0 Å². The van der Waals surface area contributed by atoms with E-state index in [9.17, 15) is 19.3 Å². The van der Waals surface area contributed by atoms with Crippen LogP contribution in [0.25, 0.3) is 6.08 Å². The number of amidine groups is 1. The summed E-state index contributed by atoms with van der Waals surface area (Å²) in [6, 6.07) is 11.5. The fourth-order valence-electron chi connectivity index (χ4n) is 2.13. The van der Waals surface area contributed by atoms with Crippen molar-refractivity contribution >= 4 is 23.5 Å². The fraction of sp³-hybridized carbons (Fsp3) is 0. The summed E-state index contributed by atoms with van der Waals surface area (Å²) in [5.41, 5.74) is 0.950. The third kappa shape index (κ3) is 3.13. The number of amides is 1. The van der Waals surface area contributed by atoms with Crippen LogP contribution in [0.2, 0.25) is 0 Å². The highest BCUT2D eigenvalue weighted by molar-refractivity contribution is 6.19. The molecule has 0 bridgehead atoms. The molecule has 0 aromatic heterocycles. The zero-order chi connectivity index (χ0) is 16.4. The van der Waals surface area contributed by atoms with Crippen molar-refractivity contribution in [2.24, 2.45) is 4.99 Å². The molecule has 1 amide bonds. The predicted octanol–water partition coefficient (Wildman–Crippen LogP) is 2.65. The van der Waals surface area contributed by atoms with Gasteiger partial charge in [-0.05, 0) is 23.8 Å². The molecule has 23 heavy (non-hydrogen) atoms. The fourth-order valence-corrected chi connectivity index (χ4v) is 2.13. The van der Waals surface area contributed by atoms with Gasteiger partial charge in [0, 0.05) is 17.7 Å². The number of carbonyl (C=O) groups is 1. The van der Waals surface area contributed by atoms with Gasteiger partial charge in [0.1, 0.15) is 17.3 Å². The van der Waals surface area contributed by atoms with Crippen LogP contribution in [-0.4, -0.2) is 16.7 Å². The number of carbonyl (C=O) groups excluding carboxylic acids is 1. The number of aliphatic imine (C=N–C) groups is 1. The molecule has 2 aromatic carbocycles. The van der Waals surface area contributed by atoms with Crippen LogP contribution >= 0.6 is 0 Å². The quantitative estimate of drug-likeness (QED) is 0.537. The summed E-state index contributed by atoms with van der Waals surface area (Å²) in [5.74, 6) is -0.641. The molecule has 0 fully saturated rings. The van der Waals surface area contributed by atoms with E-state index in [0.29, 0.717) is 11.1 Å². The molecule has 0 atom stereocenters. The third-order valence-corrected chi connectivity index (χ3v) is 3.18. The van der Waals surface area contributed by atoms with Crippen molar-refractivity contribution in [1.82, 2.24) is 5.32 Å². The maximum atomic E-state index is 13.2. The van der Waals surface area contributed by atoms with E-state index in [4.69, 9.17) is 0 Å². The first kappa shape index (κ1) is 14.6. The second-order valence-electron chi connectivity index (χ2n) is 4.81. The number of halogens is 1. The standard InChI is InChI=1S/C16H10FN3O3/c17-12-5-2-4-11(9-12)15-18-14(16(21)19-15)8-10-3-1-6-13(7-10)20(22)23/h1-9H,(H,18,19,21)/b14-8-. The molecule has 0 saturated carbocycles. The highest BCUT2D eigenvalue weighted by atomic mass is 19.1. The van der Waals surface area contributed by atoms with Gasteiger partial charge in [-0.3, -0.25) is 14.9 Å². The molecule has 6 nitrogen and oxygen atoms in total. The molecule has 2 aromatic rings. The molecule has 1 heterocycles. The Labute approximate surface area is 130 Å². The second kappa shape index (κ2) is 5.80. The largest absolute Gasteiger partial charge is 0.305 e. The van der Waals surface area contributed by atoms with Crippen LogP contribution in [-0.2, 0) is 4.79 Å². The van der Waals surface area contributed by atoms with Crippen molar-refractivity contribution in [3.63, 3.8) is 0 Å². The van der Waals surface area contributed by atoms with Crippen molar-refractivity contribution in [3.8, 4) is 0 Å². The Morgan fingerprint density at radius 3 is 2.70 bits per heavy atom. The number of rotatable bonds is 3. The Kier molecular flexibility index (Phi) is 3.68. The lowest BCUT2D eigenvalue weighted by Gasteiger charge is -1.99. The number of nitrogens with one attached hydrogen (secondary N) is 1. The SMILES string of the molecule is O=C1NC(c2cccc(F)c2)=N/C1=C\c1cccc([N+](=O)[O-])c1. The summed E-state index contributed by atoms with van der Waals surface area (Å²) in [6.07, 6.45) is 1.44. The van der Waals surface area contributed by atoms with Crippen molar-refractivity contribution in [2.45, 2.75) is 0 Å². The molecule has 0 saturated heterocycles. The maximum absolute atomic E-state index is 13.2. The highest BCUT2D eigenvalue weighted by Crippen LogP contribution is 2.19. The van der Waals surface area contributed by atoms with Gasteiger partial charge in [0.25, 0.3) is 11.6 Å². The van der Waals surface area contributed by atoms with Crippen LogP contribution < -0.4 is 5.32 Å². The molecule has 1 N–H and O–H groups in total. The van der Waals surface area contributed by atoms with E-state index < -0.39 is 16.6 Å². The molecule has 114 valence electrons. The van der Waals surface area contributed by atoms with E-state index in [1.807, 2.05) is 0 Å². The molecular formula is C16H10FN3O3. The lowest BCUT2D eigenvalue weighted by atomic mass is 10.1. The van der Waals surface area contributed by atoms with Gasteiger partial charge in [0.2, 0.25) is 0 Å². The number of benzene rings is 2. The van der Waals surface area contributed by atoms with Gasteiger partial charge in [0.15, 0.2) is 0 Å². The van der Waals surface area contributed by atoms with Gasteiger partial charge in [-0.1, -0.05) is 24.3 Å². The minimum atomic E-state index is -0.516. The number of non-ortho nitro benzene ring substituents is 1. The molecule has 7 heteroatoms. The Hall–Kier alpha value is -3.35. The van der Waals surface area contributed by atoms with Gasteiger partial charge < -0.3 is 5.32 Å². The number of hydrogen-bond acceptors (Lipinski definition) is 4. The third-order valence-electron chi connectivity index (χ3n) is 3.18. The van der Waals surface area contributed by atoms with Crippen molar-refractivity contribution in [1.29, 1.82) is 0 Å². The lowest BCUT2D eigenvalue weighted by Crippen LogP contribution is -2.24. The monoisotopic (exact) mass is 311 g/mol. The van der Waals surface area contributed by atoms with E-state index in [1.165, 1.54) is 42.5 Å². The highest BCUT2D eigenvalue weighted by Gasteiger charge is 2.21. The van der Waals surface area contributed by atoms with Gasteiger partial charge >= 0.3 is 0 Å². The minimum absolute atomic E-state index is 0.0768. The van der Waals surface area contributed by atoms with Crippen LogP contribution in [0.5, 0.6) is 0 Å². The van der Waals surface area contributed by atoms with E-state index >= 15 is 0 Å². The predicted molar refractivity (Wildman–Crippen MR) is 82.2 cm³/mol. The molecule has 1 aliphatic rings. The second-order valence-corrected chi connectivity index (χ2v) is 4.81. The zero-order valence-electron chi connectivity index (χ0n) is 11.7. The summed E-state index contributed by atoms with van der Waals surface area (Å²) >= 11 is 0. The first-order valence-electron chi connectivity index (χ1n) is 6.65. The molecule has 0 spiro atoms. The van der Waals surface area contributed by atoms with E-state index in [0.717, 1.165) is 0 Å². The topological polar surface area (TPSA) is 84.6 Å². The Morgan fingerprint density at radius 1 is 1.17 bits per heavy atom. The minimum Gasteiger partial charge on any atom is -0.305 e. The summed E-state index contributed by atoms with van der Waals surface area (Å²) in [5, 5.41) is 13.3. The van der Waals surface area contributed by atoms with Gasteiger partial charge in [0.05, 0.1) is 4.92 Å². The molecule has 3 rings (SSSR count). The Balaban J connectivity index is 1.95. The molecule has 0 aliphatic carbocycles. The smallest absolute Gasteiger partial charge is 0.275 e. The maximum Gasteiger partial charge on any atom is 0.275 e. The van der Waals surface area contributed by atoms with E-state index in [-0.39, 0.29) is 17.2 Å². The van der Waals surface area contributed by atoms with Gasteiger partial charge in [-0.2, -0.15) is 0 Å². The van der Waals surface area contributed by atoms with Crippen LogP contribution in [0.3, 0.4) is 0 Å². The van der Waals surface area contributed by atoms with Crippen LogP contribution in [0.1, 0.15) is 11.1 Å². The number of nitro benzene ring substituents is 1. The Morgan fingerprint density at radius 2 is 1.96 bits per heavy atom. The van der Waals surface area contributed by atoms with Crippen molar-refractivity contribution < 1.29 is 14.1 Å². The summed E-state index contributed by atoms with van der Waals surface area (Å²) < 4.78 is 13.2. The number of nitro groups is 1. The van der Waals surface area contributed by atoms with E-state index in [1.54, 1.807) is 12.1 Å². The lowest BCUT2D eigenvalue weighted by molar-refractivity contribution is -0.384. The summed E-state index contributed by atoms with van der Waals surface area (Å²) in [4.78, 5) is 26.3. The zero-order valence-corrected chi connectivity index (χ0v) is 11.7. The van der Waals surface area contributed by atoms with Crippen molar-refractivity contribution in [3.05, 3.63) is 81.3 Å². The molecule has 1 aliphatic heterocycles. The first-order valence-corrected chi connectivity index (χ1v) is 6.65. The number of hydrogen-bond donors (Lipinski definition) is 1. The average Bonchev–Trinajstić information content (AvgIpc) is 2.89. The summed E-state index contributed by atoms with van der Waals surface area (Å²) in [7, 11) is 0. The van der Waals surface area contributed by atoms with Crippen LogP contribution in [0.4, 0.5) is 10.1 Å². The normalized spacial score (nSPS) is 15.4. The molecular weight excluding hydrogens is 301 g/mol. The average molecular weight is 311 g/mol. The van der Waals surface area contributed by atoms with Crippen LogP contribution in [0.15, 0.2) is 59.2 Å². The molecule has 0 unspecified atom stereocenters.